The van der Waals surface area contributed by atoms with Crippen LogP contribution in [-0.2, 0) is 9.53 Å². The third kappa shape index (κ3) is 5.18. The number of ether oxygens (including phenoxy) is 1. The van der Waals surface area contributed by atoms with E-state index in [1.54, 1.807) is 13.8 Å². The molecule has 1 N–H and O–H groups in total. The highest BCUT2D eigenvalue weighted by atomic mass is 35.5. The zero-order valence-electron chi connectivity index (χ0n) is 23.4. The van der Waals surface area contributed by atoms with Crippen molar-refractivity contribution in [3.63, 3.8) is 0 Å². The molecule has 3 rings (SSSR count). The van der Waals surface area contributed by atoms with Crippen molar-refractivity contribution in [3.8, 4) is 0 Å². The van der Waals surface area contributed by atoms with Gasteiger partial charge in [-0.15, -0.1) is 0 Å². The summed E-state index contributed by atoms with van der Waals surface area (Å²) in [5.74, 6) is -1.19. The monoisotopic (exact) mass is 488 g/mol. The molecule has 0 amide bonds. The number of piperazine rings is 1. The summed E-state index contributed by atoms with van der Waals surface area (Å²) in [6.07, 6.45) is 0. The summed E-state index contributed by atoms with van der Waals surface area (Å²) in [5.41, 5.74) is 1.34. The molecular weight excluding hydrogens is 448 g/mol. The molecule has 0 aliphatic carbocycles. The summed E-state index contributed by atoms with van der Waals surface area (Å²) >= 11 is 6.37. The van der Waals surface area contributed by atoms with Gasteiger partial charge in [-0.2, -0.15) is 0 Å². The van der Waals surface area contributed by atoms with E-state index in [4.69, 9.17) is 24.2 Å². The Labute approximate surface area is 212 Å². The molecule has 0 spiro atoms. The van der Waals surface area contributed by atoms with E-state index in [-0.39, 0.29) is 6.04 Å². The Morgan fingerprint density at radius 2 is 1.76 bits per heavy atom. The van der Waals surface area contributed by atoms with Crippen LogP contribution in [0, 0.1) is 6.92 Å². The minimum atomic E-state index is -2.17. The summed E-state index contributed by atoms with van der Waals surface area (Å²) in [6.45, 7) is 12.6. The van der Waals surface area contributed by atoms with E-state index in [0.29, 0.717) is 13.1 Å². The first-order valence-electron chi connectivity index (χ1n) is 12.8. The molecule has 186 valence electrons. The minimum Gasteiger partial charge on any atom is -0.480 e. The fraction of sp³-hybridized carbons (Fsp3) is 0.536. The first-order valence-corrected chi connectivity index (χ1v) is 12.1. The SMILES string of the molecule is [2H]C([2H])(OCC(=O)O)C(C)(C)N1CCN([C@H](c2ccccc2)c2ccc(Cl)c(C)c2)C(C)(C)C1(C)C. The molecule has 1 atom stereocenters. The predicted octanol–water partition coefficient (Wildman–Crippen LogP) is 5.79. The summed E-state index contributed by atoms with van der Waals surface area (Å²) in [5, 5.41) is 9.80. The lowest BCUT2D eigenvalue weighted by atomic mass is 9.73. The molecule has 0 aromatic heterocycles. The molecule has 5 nitrogen and oxygen atoms in total. The number of carboxylic acid groups (broad SMARTS) is 1. The molecule has 2 aromatic rings. The van der Waals surface area contributed by atoms with Gasteiger partial charge in [0, 0.05) is 34.7 Å². The molecular formula is C28H39ClN2O3. The van der Waals surface area contributed by atoms with Gasteiger partial charge in [0.15, 0.2) is 0 Å². The molecule has 1 aliphatic rings. The minimum absolute atomic E-state index is 0.0262. The van der Waals surface area contributed by atoms with Crippen LogP contribution < -0.4 is 0 Å². The highest BCUT2D eigenvalue weighted by molar-refractivity contribution is 6.31. The number of benzene rings is 2. The number of hydrogen-bond acceptors (Lipinski definition) is 4. The van der Waals surface area contributed by atoms with Crippen molar-refractivity contribution >= 4 is 17.6 Å². The van der Waals surface area contributed by atoms with Crippen LogP contribution in [0.25, 0.3) is 0 Å². The van der Waals surface area contributed by atoms with Gasteiger partial charge in [0.1, 0.15) is 6.61 Å². The maximum Gasteiger partial charge on any atom is 0.329 e. The molecule has 0 bridgehead atoms. The van der Waals surface area contributed by atoms with Gasteiger partial charge in [0.25, 0.3) is 0 Å². The zero-order valence-corrected chi connectivity index (χ0v) is 22.1. The van der Waals surface area contributed by atoms with Crippen LogP contribution in [-0.4, -0.2) is 63.7 Å². The van der Waals surface area contributed by atoms with Crippen LogP contribution in [0.2, 0.25) is 5.02 Å². The van der Waals surface area contributed by atoms with Crippen molar-refractivity contribution in [2.75, 3.05) is 26.3 Å². The normalized spacial score (nSPS) is 20.9. The second-order valence-electron chi connectivity index (χ2n) is 10.6. The molecule has 1 aliphatic heterocycles. The molecule has 2 aromatic carbocycles. The molecule has 1 fully saturated rings. The number of carbonyl (C=O) groups is 1. The number of aliphatic carboxylic acids is 1. The van der Waals surface area contributed by atoms with Crippen molar-refractivity contribution in [2.24, 2.45) is 0 Å². The fourth-order valence-electron chi connectivity index (χ4n) is 5.23. The molecule has 34 heavy (non-hydrogen) atoms. The lowest BCUT2D eigenvalue weighted by Crippen LogP contribution is -2.75. The lowest BCUT2D eigenvalue weighted by molar-refractivity contribution is -0.155. The summed E-state index contributed by atoms with van der Waals surface area (Å²) in [4.78, 5) is 15.7. The van der Waals surface area contributed by atoms with Crippen LogP contribution >= 0.6 is 11.6 Å². The topological polar surface area (TPSA) is 53.0 Å². The molecule has 6 heteroatoms. The highest BCUT2D eigenvalue weighted by Gasteiger charge is 2.54. The molecule has 1 heterocycles. The van der Waals surface area contributed by atoms with Crippen LogP contribution in [0.5, 0.6) is 0 Å². The largest absolute Gasteiger partial charge is 0.480 e. The van der Waals surface area contributed by atoms with Gasteiger partial charge in [-0.1, -0.05) is 54.1 Å². The molecule has 0 radical (unpaired) electrons. The van der Waals surface area contributed by atoms with E-state index in [1.165, 1.54) is 5.56 Å². The summed E-state index contributed by atoms with van der Waals surface area (Å²) < 4.78 is 22.5. The van der Waals surface area contributed by atoms with Gasteiger partial charge in [0.05, 0.1) is 15.3 Å². The number of carboxylic acids is 1. The van der Waals surface area contributed by atoms with Gasteiger partial charge in [-0.05, 0) is 71.2 Å². The fourth-order valence-corrected chi connectivity index (χ4v) is 5.35. The number of halogens is 1. The van der Waals surface area contributed by atoms with E-state index in [9.17, 15) is 4.79 Å². The van der Waals surface area contributed by atoms with Gasteiger partial charge in [0.2, 0.25) is 0 Å². The third-order valence-electron chi connectivity index (χ3n) is 7.57. The Hall–Kier alpha value is -1.92. The van der Waals surface area contributed by atoms with Crippen molar-refractivity contribution in [3.05, 3.63) is 70.2 Å². The Balaban J connectivity index is 2.06. The number of rotatable bonds is 8. The average Bonchev–Trinajstić information content (AvgIpc) is 2.78. The number of hydrogen-bond donors (Lipinski definition) is 1. The second kappa shape index (κ2) is 9.98. The Bertz CT molecular complexity index is 1090. The van der Waals surface area contributed by atoms with Crippen molar-refractivity contribution in [1.29, 1.82) is 0 Å². The van der Waals surface area contributed by atoms with Crippen LogP contribution in [0.15, 0.2) is 48.5 Å². The van der Waals surface area contributed by atoms with Crippen LogP contribution in [0.3, 0.4) is 0 Å². The molecule has 1 saturated heterocycles. The summed E-state index contributed by atoms with van der Waals surface area (Å²) in [7, 11) is 0. The Morgan fingerprint density at radius 3 is 2.35 bits per heavy atom. The third-order valence-corrected chi connectivity index (χ3v) is 8.00. The summed E-state index contributed by atoms with van der Waals surface area (Å²) in [6, 6.07) is 16.6. The second-order valence-corrected chi connectivity index (χ2v) is 11.0. The first-order chi connectivity index (χ1) is 16.5. The van der Waals surface area contributed by atoms with E-state index in [2.05, 4.69) is 73.9 Å². The van der Waals surface area contributed by atoms with Crippen LogP contribution in [0.4, 0.5) is 0 Å². The standard InChI is InChI=1S/C28H39ClN2O3/c1-20-17-22(13-14-23(20)29)25(21-11-9-8-10-12-21)30-15-16-31(28(6,7)27(30,4)5)26(2,3)19-34-18-24(32)33/h8-14,17,25H,15-16,18-19H2,1-7H3,(H,32,33)/t25-/m1/s1/i19D2. The van der Waals surface area contributed by atoms with E-state index >= 15 is 0 Å². The van der Waals surface area contributed by atoms with E-state index in [1.807, 2.05) is 19.1 Å². The maximum atomic E-state index is 11.1. The molecule has 0 unspecified atom stereocenters. The maximum absolute atomic E-state index is 11.1. The smallest absolute Gasteiger partial charge is 0.329 e. The van der Waals surface area contributed by atoms with E-state index < -0.39 is 35.8 Å². The van der Waals surface area contributed by atoms with Gasteiger partial charge < -0.3 is 9.84 Å². The van der Waals surface area contributed by atoms with Gasteiger partial charge in [-0.3, -0.25) is 9.80 Å². The lowest BCUT2D eigenvalue weighted by Gasteiger charge is -2.64. The quantitative estimate of drug-likeness (QED) is 0.509. The van der Waals surface area contributed by atoms with Gasteiger partial charge in [-0.25, -0.2) is 4.79 Å². The number of aryl methyl sites for hydroxylation is 1. The number of nitrogens with zero attached hydrogens (tertiary/aromatic N) is 2. The predicted molar refractivity (Wildman–Crippen MR) is 139 cm³/mol. The van der Waals surface area contributed by atoms with Crippen molar-refractivity contribution in [2.45, 2.75) is 71.1 Å². The average molecular weight is 489 g/mol. The van der Waals surface area contributed by atoms with Gasteiger partial charge >= 0.3 is 5.97 Å². The Kier molecular flexibility index (Phi) is 6.99. The molecule has 0 saturated carbocycles. The van der Waals surface area contributed by atoms with Crippen LogP contribution in [0.1, 0.15) is 67.0 Å². The Morgan fingerprint density at radius 1 is 1.12 bits per heavy atom. The first kappa shape index (κ1) is 23.8. The van der Waals surface area contributed by atoms with Crippen molar-refractivity contribution < 1.29 is 17.4 Å². The highest BCUT2D eigenvalue weighted by Crippen LogP contribution is 2.46. The van der Waals surface area contributed by atoms with E-state index in [0.717, 1.165) is 16.1 Å². The van der Waals surface area contributed by atoms with Crippen molar-refractivity contribution in [1.82, 2.24) is 9.80 Å². The zero-order chi connectivity index (χ0) is 27.1.